The molecular formula is C11H10ClN. The molecule has 2 heteroatoms. The lowest BCUT2D eigenvalue weighted by atomic mass is 10.1. The Balaban J connectivity index is 2.35. The maximum absolute atomic E-state index is 6.05. The van der Waals surface area contributed by atoms with Gasteiger partial charge in [0, 0.05) is 16.3 Å². The second-order valence-electron chi connectivity index (χ2n) is 2.88. The lowest BCUT2D eigenvalue weighted by molar-refractivity contribution is 1.13. The number of hydrogen-bond acceptors (Lipinski definition) is 1. The number of dihydropyridines is 1. The Morgan fingerprint density at radius 1 is 1.23 bits per heavy atom. The van der Waals surface area contributed by atoms with Gasteiger partial charge in [0.15, 0.2) is 0 Å². The van der Waals surface area contributed by atoms with Crippen molar-refractivity contribution in [2.75, 3.05) is 0 Å². The van der Waals surface area contributed by atoms with Gasteiger partial charge in [-0.15, -0.1) is 0 Å². The second kappa shape index (κ2) is 3.67. The van der Waals surface area contributed by atoms with Gasteiger partial charge in [-0.05, 0) is 18.7 Å². The quantitative estimate of drug-likeness (QED) is 0.719. The molecule has 0 aliphatic carbocycles. The smallest absolute Gasteiger partial charge is 0.0499 e. The summed E-state index contributed by atoms with van der Waals surface area (Å²) < 4.78 is 0. The van der Waals surface area contributed by atoms with Crippen LogP contribution in [-0.2, 0) is 0 Å². The number of hydrogen-bond donors (Lipinski definition) is 1. The van der Waals surface area contributed by atoms with E-state index in [1.54, 1.807) is 0 Å². The van der Waals surface area contributed by atoms with E-state index in [0.29, 0.717) is 0 Å². The van der Waals surface area contributed by atoms with Crippen LogP contribution in [0.1, 0.15) is 12.0 Å². The summed E-state index contributed by atoms with van der Waals surface area (Å²) in [7, 11) is 0. The van der Waals surface area contributed by atoms with Crippen molar-refractivity contribution < 1.29 is 0 Å². The van der Waals surface area contributed by atoms with Gasteiger partial charge in [-0.25, -0.2) is 0 Å². The van der Waals surface area contributed by atoms with Crippen molar-refractivity contribution in [3.8, 4) is 0 Å². The molecule has 2 rings (SSSR count). The van der Waals surface area contributed by atoms with E-state index in [2.05, 4.69) is 17.5 Å². The third-order valence-corrected chi connectivity index (χ3v) is 2.31. The summed E-state index contributed by atoms with van der Waals surface area (Å²) in [6, 6.07) is 7.84. The van der Waals surface area contributed by atoms with E-state index in [0.717, 1.165) is 22.7 Å². The van der Waals surface area contributed by atoms with E-state index < -0.39 is 0 Å². The molecule has 0 radical (unpaired) electrons. The van der Waals surface area contributed by atoms with Crippen LogP contribution in [0.15, 0.2) is 42.6 Å². The Labute approximate surface area is 82.7 Å². The normalized spacial score (nSPS) is 15.0. The fourth-order valence-electron chi connectivity index (χ4n) is 1.33. The van der Waals surface area contributed by atoms with Gasteiger partial charge in [0.05, 0.1) is 0 Å². The predicted molar refractivity (Wildman–Crippen MR) is 56.3 cm³/mol. The fourth-order valence-corrected chi connectivity index (χ4v) is 1.57. The zero-order valence-electron chi connectivity index (χ0n) is 7.13. The van der Waals surface area contributed by atoms with E-state index in [1.165, 1.54) is 0 Å². The molecule has 0 amide bonds. The Morgan fingerprint density at radius 3 is 2.77 bits per heavy atom. The van der Waals surface area contributed by atoms with Crippen LogP contribution in [0.5, 0.6) is 0 Å². The van der Waals surface area contributed by atoms with Crippen molar-refractivity contribution in [1.29, 1.82) is 0 Å². The van der Waals surface area contributed by atoms with E-state index in [-0.39, 0.29) is 0 Å². The highest BCUT2D eigenvalue weighted by Gasteiger charge is 2.04. The van der Waals surface area contributed by atoms with Crippen molar-refractivity contribution in [3.63, 3.8) is 0 Å². The average molecular weight is 192 g/mol. The second-order valence-corrected chi connectivity index (χ2v) is 3.29. The van der Waals surface area contributed by atoms with E-state index in [4.69, 9.17) is 11.6 Å². The van der Waals surface area contributed by atoms with Crippen LogP contribution in [0.25, 0.3) is 5.70 Å². The van der Waals surface area contributed by atoms with Crippen LogP contribution in [0.4, 0.5) is 0 Å². The Morgan fingerprint density at radius 2 is 2.08 bits per heavy atom. The Bertz CT molecular complexity index is 366. The van der Waals surface area contributed by atoms with Crippen LogP contribution in [0.3, 0.4) is 0 Å². The Kier molecular flexibility index (Phi) is 2.37. The van der Waals surface area contributed by atoms with Gasteiger partial charge in [0.1, 0.15) is 0 Å². The van der Waals surface area contributed by atoms with Crippen LogP contribution in [0.2, 0.25) is 5.02 Å². The minimum absolute atomic E-state index is 0.788. The predicted octanol–water partition coefficient (Wildman–Crippen LogP) is 3.19. The first-order chi connectivity index (χ1) is 6.38. The molecule has 1 nitrogen and oxygen atoms in total. The van der Waals surface area contributed by atoms with Gasteiger partial charge in [-0.3, -0.25) is 0 Å². The molecule has 0 saturated heterocycles. The molecule has 66 valence electrons. The average Bonchev–Trinajstić information content (AvgIpc) is 2.20. The van der Waals surface area contributed by atoms with Crippen molar-refractivity contribution in [1.82, 2.24) is 5.32 Å². The number of halogens is 1. The SMILES string of the molecule is Clc1ccccc1C1=CCC=CN1. The Hall–Kier alpha value is -1.21. The number of allylic oxidation sites excluding steroid dienone is 2. The number of nitrogens with one attached hydrogen (secondary N) is 1. The number of rotatable bonds is 1. The van der Waals surface area contributed by atoms with Crippen molar-refractivity contribution >= 4 is 17.3 Å². The molecule has 0 aromatic heterocycles. The van der Waals surface area contributed by atoms with Crippen molar-refractivity contribution in [2.24, 2.45) is 0 Å². The van der Waals surface area contributed by atoms with Crippen molar-refractivity contribution in [2.45, 2.75) is 6.42 Å². The molecule has 1 aromatic rings. The first kappa shape index (κ1) is 8.39. The highest BCUT2D eigenvalue weighted by molar-refractivity contribution is 6.32. The molecule has 1 aliphatic heterocycles. The summed E-state index contributed by atoms with van der Waals surface area (Å²) in [6.45, 7) is 0. The molecule has 0 bridgehead atoms. The van der Waals surface area contributed by atoms with Gasteiger partial charge < -0.3 is 5.32 Å². The van der Waals surface area contributed by atoms with E-state index in [1.807, 2.05) is 30.5 Å². The summed E-state index contributed by atoms with van der Waals surface area (Å²) in [5.74, 6) is 0. The van der Waals surface area contributed by atoms with Crippen LogP contribution < -0.4 is 5.32 Å². The van der Waals surface area contributed by atoms with Gasteiger partial charge in [-0.2, -0.15) is 0 Å². The zero-order chi connectivity index (χ0) is 9.10. The molecule has 0 fully saturated rings. The fraction of sp³-hybridized carbons (Fsp3) is 0.0909. The minimum Gasteiger partial charge on any atom is -0.362 e. The molecule has 1 heterocycles. The summed E-state index contributed by atoms with van der Waals surface area (Å²) in [4.78, 5) is 0. The molecule has 1 aromatic carbocycles. The highest BCUT2D eigenvalue weighted by atomic mass is 35.5. The summed E-state index contributed by atoms with van der Waals surface area (Å²) in [6.07, 6.45) is 7.10. The summed E-state index contributed by atoms with van der Waals surface area (Å²) in [5.41, 5.74) is 2.15. The third kappa shape index (κ3) is 1.76. The molecule has 1 N–H and O–H groups in total. The zero-order valence-corrected chi connectivity index (χ0v) is 7.88. The first-order valence-corrected chi connectivity index (χ1v) is 4.62. The maximum atomic E-state index is 6.05. The number of benzene rings is 1. The van der Waals surface area contributed by atoms with Gasteiger partial charge in [0.25, 0.3) is 0 Å². The van der Waals surface area contributed by atoms with Crippen LogP contribution >= 0.6 is 11.6 Å². The lowest BCUT2D eigenvalue weighted by Gasteiger charge is -2.11. The van der Waals surface area contributed by atoms with E-state index >= 15 is 0 Å². The first-order valence-electron chi connectivity index (χ1n) is 4.24. The third-order valence-electron chi connectivity index (χ3n) is 1.98. The molecule has 0 spiro atoms. The highest BCUT2D eigenvalue weighted by Crippen LogP contribution is 2.23. The lowest BCUT2D eigenvalue weighted by Crippen LogP contribution is -2.06. The van der Waals surface area contributed by atoms with Gasteiger partial charge in [0.2, 0.25) is 0 Å². The molecule has 0 unspecified atom stereocenters. The monoisotopic (exact) mass is 191 g/mol. The standard InChI is InChI=1S/C11H10ClN/c12-10-6-2-1-5-9(10)11-7-3-4-8-13-11/h1-2,4-8,13H,3H2. The maximum Gasteiger partial charge on any atom is 0.0499 e. The summed E-state index contributed by atoms with van der Waals surface area (Å²) in [5, 5.41) is 3.96. The summed E-state index contributed by atoms with van der Waals surface area (Å²) >= 11 is 6.05. The van der Waals surface area contributed by atoms with Crippen LogP contribution in [-0.4, -0.2) is 0 Å². The van der Waals surface area contributed by atoms with E-state index in [9.17, 15) is 0 Å². The molecule has 1 aliphatic rings. The van der Waals surface area contributed by atoms with Gasteiger partial charge in [-0.1, -0.05) is 42.0 Å². The molecule has 13 heavy (non-hydrogen) atoms. The van der Waals surface area contributed by atoms with Gasteiger partial charge >= 0.3 is 0 Å². The molecule has 0 saturated carbocycles. The van der Waals surface area contributed by atoms with Crippen molar-refractivity contribution in [3.05, 3.63) is 53.2 Å². The van der Waals surface area contributed by atoms with Crippen LogP contribution in [0, 0.1) is 0 Å². The largest absolute Gasteiger partial charge is 0.362 e. The minimum atomic E-state index is 0.788. The molecule has 0 atom stereocenters. The topological polar surface area (TPSA) is 12.0 Å². The molecular weight excluding hydrogens is 182 g/mol.